The molecule has 0 unspecified atom stereocenters. The van der Waals surface area contributed by atoms with Gasteiger partial charge in [-0.25, -0.2) is 0 Å². The lowest BCUT2D eigenvalue weighted by atomic mass is 9.90. The second kappa shape index (κ2) is 8.14. The molecular formula is C15H21BrN2O3. The highest BCUT2D eigenvalue weighted by molar-refractivity contribution is 9.10. The van der Waals surface area contributed by atoms with Crippen molar-refractivity contribution in [3.05, 3.63) is 34.3 Å². The molecule has 0 radical (unpaired) electrons. The number of amides is 2. The molecule has 0 heterocycles. The molecule has 3 N–H and O–H groups in total. The van der Waals surface area contributed by atoms with Crippen LogP contribution in [0, 0.1) is 5.41 Å². The van der Waals surface area contributed by atoms with E-state index >= 15 is 0 Å². The van der Waals surface area contributed by atoms with E-state index in [1.54, 1.807) is 24.3 Å². The van der Waals surface area contributed by atoms with Crippen molar-refractivity contribution >= 4 is 27.7 Å². The van der Waals surface area contributed by atoms with Crippen LogP contribution in [0.4, 0.5) is 0 Å². The van der Waals surface area contributed by atoms with Gasteiger partial charge in [-0.15, -0.1) is 0 Å². The summed E-state index contributed by atoms with van der Waals surface area (Å²) in [5.41, 5.74) is 0.340. The molecule has 0 fully saturated rings. The molecule has 1 rings (SSSR count). The molecular weight excluding hydrogens is 336 g/mol. The van der Waals surface area contributed by atoms with Crippen molar-refractivity contribution in [3.63, 3.8) is 0 Å². The normalized spacial score (nSPS) is 11.0. The molecule has 0 aliphatic carbocycles. The van der Waals surface area contributed by atoms with Crippen molar-refractivity contribution in [2.75, 3.05) is 19.7 Å². The Kier molecular flexibility index (Phi) is 6.84. The summed E-state index contributed by atoms with van der Waals surface area (Å²) in [6, 6.07) is 6.90. The Morgan fingerprint density at radius 1 is 1.19 bits per heavy atom. The average Bonchev–Trinajstić information content (AvgIpc) is 2.43. The third kappa shape index (κ3) is 6.73. The average molecular weight is 357 g/mol. The lowest BCUT2D eigenvalue weighted by molar-refractivity contribution is -0.120. The summed E-state index contributed by atoms with van der Waals surface area (Å²) in [7, 11) is 0. The first kappa shape index (κ1) is 17.7. The zero-order valence-electron chi connectivity index (χ0n) is 12.3. The standard InChI is InChI=1S/C15H21BrN2O3/c1-15(2,7-8-19)10-18-13(20)9-17-14(21)11-3-5-12(16)6-4-11/h3-6,19H,7-10H2,1-2H3,(H,17,21)(H,18,20). The Bertz CT molecular complexity index is 486. The second-order valence-electron chi connectivity index (χ2n) is 5.60. The van der Waals surface area contributed by atoms with Gasteiger partial charge in [-0.05, 0) is 36.1 Å². The summed E-state index contributed by atoms with van der Waals surface area (Å²) in [5, 5.41) is 14.2. The van der Waals surface area contributed by atoms with Crippen LogP contribution < -0.4 is 10.6 Å². The van der Waals surface area contributed by atoms with E-state index in [9.17, 15) is 9.59 Å². The molecule has 0 spiro atoms. The highest BCUT2D eigenvalue weighted by atomic mass is 79.9. The molecule has 0 aliphatic heterocycles. The molecule has 0 aliphatic rings. The summed E-state index contributed by atoms with van der Waals surface area (Å²) in [5.74, 6) is -0.529. The van der Waals surface area contributed by atoms with Crippen LogP contribution in [-0.2, 0) is 4.79 Å². The topological polar surface area (TPSA) is 78.4 Å². The number of benzene rings is 1. The van der Waals surface area contributed by atoms with Gasteiger partial charge in [0.25, 0.3) is 5.91 Å². The fourth-order valence-corrected chi connectivity index (χ4v) is 1.92. The smallest absolute Gasteiger partial charge is 0.251 e. The zero-order chi connectivity index (χ0) is 15.9. The first-order valence-corrected chi connectivity index (χ1v) is 7.55. The fraction of sp³-hybridized carbons (Fsp3) is 0.467. The van der Waals surface area contributed by atoms with Crippen LogP contribution in [0.2, 0.25) is 0 Å². The van der Waals surface area contributed by atoms with Crippen LogP contribution in [-0.4, -0.2) is 36.6 Å². The van der Waals surface area contributed by atoms with Crippen molar-refractivity contribution in [3.8, 4) is 0 Å². The number of carbonyl (C=O) groups is 2. The van der Waals surface area contributed by atoms with Crippen LogP contribution in [0.5, 0.6) is 0 Å². The Balaban J connectivity index is 2.36. The van der Waals surface area contributed by atoms with Crippen molar-refractivity contribution in [2.24, 2.45) is 5.41 Å². The Labute approximate surface area is 133 Å². The number of aliphatic hydroxyl groups is 1. The van der Waals surface area contributed by atoms with Crippen LogP contribution in [0.25, 0.3) is 0 Å². The van der Waals surface area contributed by atoms with E-state index in [0.29, 0.717) is 18.5 Å². The van der Waals surface area contributed by atoms with Crippen molar-refractivity contribution < 1.29 is 14.7 Å². The predicted molar refractivity (Wildman–Crippen MR) is 85.0 cm³/mol. The first-order chi connectivity index (χ1) is 9.84. The van der Waals surface area contributed by atoms with E-state index in [1.165, 1.54) is 0 Å². The molecule has 21 heavy (non-hydrogen) atoms. The maximum atomic E-state index is 11.8. The summed E-state index contributed by atoms with van der Waals surface area (Å²) >= 11 is 3.29. The van der Waals surface area contributed by atoms with E-state index in [4.69, 9.17) is 5.11 Å². The minimum Gasteiger partial charge on any atom is -0.396 e. The van der Waals surface area contributed by atoms with Crippen molar-refractivity contribution in [1.29, 1.82) is 0 Å². The number of carbonyl (C=O) groups excluding carboxylic acids is 2. The Hall–Kier alpha value is -1.40. The van der Waals surface area contributed by atoms with Gasteiger partial charge in [0.2, 0.25) is 5.91 Å². The first-order valence-electron chi connectivity index (χ1n) is 6.75. The van der Waals surface area contributed by atoms with Crippen LogP contribution in [0.15, 0.2) is 28.7 Å². The minimum absolute atomic E-state index is 0.0654. The summed E-state index contributed by atoms with van der Waals surface area (Å²) < 4.78 is 0.892. The van der Waals surface area contributed by atoms with Crippen molar-refractivity contribution in [2.45, 2.75) is 20.3 Å². The van der Waals surface area contributed by atoms with Gasteiger partial charge < -0.3 is 15.7 Å². The highest BCUT2D eigenvalue weighted by Gasteiger charge is 2.18. The maximum absolute atomic E-state index is 11.8. The van der Waals surface area contributed by atoms with E-state index in [1.807, 2.05) is 13.8 Å². The molecule has 0 saturated carbocycles. The van der Waals surface area contributed by atoms with Gasteiger partial charge in [-0.1, -0.05) is 29.8 Å². The molecule has 1 aromatic rings. The largest absolute Gasteiger partial charge is 0.396 e. The third-order valence-corrected chi connectivity index (χ3v) is 3.60. The molecule has 0 saturated heterocycles. The SMILES string of the molecule is CC(C)(CCO)CNC(=O)CNC(=O)c1ccc(Br)cc1. The molecule has 1 aromatic carbocycles. The van der Waals surface area contributed by atoms with Crippen molar-refractivity contribution in [1.82, 2.24) is 10.6 Å². The predicted octanol–water partition coefficient (Wildman–Crippen LogP) is 1.70. The van der Waals surface area contributed by atoms with Gasteiger partial charge in [-0.2, -0.15) is 0 Å². The van der Waals surface area contributed by atoms with Gasteiger partial charge >= 0.3 is 0 Å². The zero-order valence-corrected chi connectivity index (χ0v) is 13.9. The van der Waals surface area contributed by atoms with Crippen LogP contribution in [0.3, 0.4) is 0 Å². The lowest BCUT2D eigenvalue weighted by Crippen LogP contribution is -2.41. The van der Waals surface area contributed by atoms with Crippen LogP contribution >= 0.6 is 15.9 Å². The minimum atomic E-state index is -0.285. The van der Waals surface area contributed by atoms with Gasteiger partial charge in [0, 0.05) is 23.2 Å². The van der Waals surface area contributed by atoms with E-state index in [0.717, 1.165) is 4.47 Å². The molecule has 0 bridgehead atoms. The molecule has 0 atom stereocenters. The molecule has 116 valence electrons. The summed E-state index contributed by atoms with van der Waals surface area (Å²) in [6.45, 7) is 4.40. The number of hydrogen-bond donors (Lipinski definition) is 3. The monoisotopic (exact) mass is 356 g/mol. The molecule has 0 aromatic heterocycles. The fourth-order valence-electron chi connectivity index (χ4n) is 1.66. The number of nitrogens with one attached hydrogen (secondary N) is 2. The molecule has 5 nitrogen and oxygen atoms in total. The molecule has 6 heteroatoms. The van der Waals surface area contributed by atoms with Crippen LogP contribution in [0.1, 0.15) is 30.6 Å². The Morgan fingerprint density at radius 3 is 2.38 bits per heavy atom. The number of rotatable bonds is 7. The van der Waals surface area contributed by atoms with Gasteiger partial charge in [0.1, 0.15) is 0 Å². The van der Waals surface area contributed by atoms with Gasteiger partial charge in [0.05, 0.1) is 6.54 Å². The third-order valence-electron chi connectivity index (χ3n) is 3.07. The maximum Gasteiger partial charge on any atom is 0.251 e. The summed E-state index contributed by atoms with van der Waals surface area (Å²) in [6.07, 6.45) is 0.610. The van der Waals surface area contributed by atoms with Gasteiger partial charge in [0.15, 0.2) is 0 Å². The summed E-state index contributed by atoms with van der Waals surface area (Å²) in [4.78, 5) is 23.5. The second-order valence-corrected chi connectivity index (χ2v) is 6.52. The van der Waals surface area contributed by atoms with E-state index < -0.39 is 0 Å². The van der Waals surface area contributed by atoms with E-state index in [-0.39, 0.29) is 30.4 Å². The lowest BCUT2D eigenvalue weighted by Gasteiger charge is -2.23. The number of aliphatic hydroxyl groups excluding tert-OH is 1. The molecule has 2 amide bonds. The van der Waals surface area contributed by atoms with Gasteiger partial charge in [-0.3, -0.25) is 9.59 Å². The quantitative estimate of drug-likeness (QED) is 0.695. The highest BCUT2D eigenvalue weighted by Crippen LogP contribution is 2.17. The van der Waals surface area contributed by atoms with E-state index in [2.05, 4.69) is 26.6 Å². The number of halogens is 1. The number of hydrogen-bond acceptors (Lipinski definition) is 3. The Morgan fingerprint density at radius 2 is 1.81 bits per heavy atom.